The second-order valence-electron chi connectivity index (χ2n) is 3.82. The smallest absolute Gasteiger partial charge is 0.240 e. The maximum absolute atomic E-state index is 11.7. The lowest BCUT2D eigenvalue weighted by Crippen LogP contribution is -2.20. The number of anilines is 1. The second kappa shape index (κ2) is 5.68. The van der Waals surface area contributed by atoms with Gasteiger partial charge in [-0.25, -0.2) is 22.0 Å². The summed E-state index contributed by atoms with van der Waals surface area (Å²) in [4.78, 5) is -0.231. The molecule has 8 heteroatoms. The highest BCUT2D eigenvalue weighted by Crippen LogP contribution is 2.20. The number of nitrogens with one attached hydrogen (secondary N) is 1. The zero-order valence-corrected chi connectivity index (χ0v) is 11.6. The molecule has 0 unspecified atom stereocenters. The summed E-state index contributed by atoms with van der Waals surface area (Å²) in [5.41, 5.74) is -0.0175. The molecule has 18 heavy (non-hydrogen) atoms. The molecule has 0 heterocycles. The average Bonchev–Trinajstić information content (AvgIpc) is 2.25. The fourth-order valence-corrected chi connectivity index (χ4v) is 3.39. The van der Waals surface area contributed by atoms with Crippen LogP contribution in [0.3, 0.4) is 0 Å². The molecule has 0 aliphatic rings. The molecule has 1 aromatic rings. The molecule has 0 radical (unpaired) electrons. The van der Waals surface area contributed by atoms with Gasteiger partial charge in [0.15, 0.2) is 0 Å². The average molecular weight is 292 g/mol. The van der Waals surface area contributed by atoms with Gasteiger partial charge in [-0.2, -0.15) is 0 Å². The molecule has 0 aliphatic carbocycles. The number of benzene rings is 1. The molecule has 102 valence electrons. The zero-order valence-electron chi connectivity index (χ0n) is 9.96. The Balaban J connectivity index is 3.06. The van der Waals surface area contributed by atoms with Crippen LogP contribution in [0.4, 0.5) is 5.69 Å². The third-order valence-corrected chi connectivity index (χ3v) is 4.55. The van der Waals surface area contributed by atoms with Crippen molar-refractivity contribution in [2.24, 2.45) is 5.14 Å². The molecule has 0 spiro atoms. The number of sulfonamides is 2. The minimum absolute atomic E-state index is 0.0175. The predicted molar refractivity (Wildman–Crippen MR) is 70.1 cm³/mol. The molecular formula is C10H16N2O4S2. The van der Waals surface area contributed by atoms with Crippen LogP contribution in [0, 0.1) is 0 Å². The highest BCUT2D eigenvalue weighted by atomic mass is 32.2. The Morgan fingerprint density at radius 2 is 1.78 bits per heavy atom. The maximum atomic E-state index is 11.7. The summed E-state index contributed by atoms with van der Waals surface area (Å²) in [6.07, 6.45) is 1.24. The molecule has 0 amide bonds. The molecular weight excluding hydrogens is 276 g/mol. The summed E-state index contributed by atoms with van der Waals surface area (Å²) < 4.78 is 48.2. The second-order valence-corrected chi connectivity index (χ2v) is 7.19. The van der Waals surface area contributed by atoms with Crippen LogP contribution in [0.15, 0.2) is 29.2 Å². The molecule has 0 aromatic heterocycles. The zero-order chi connectivity index (χ0) is 13.8. The first-order valence-corrected chi connectivity index (χ1v) is 8.58. The van der Waals surface area contributed by atoms with Gasteiger partial charge in [0.2, 0.25) is 20.0 Å². The Bertz CT molecular complexity index is 609. The lowest BCUT2D eigenvalue weighted by Gasteiger charge is -2.10. The Morgan fingerprint density at radius 1 is 1.17 bits per heavy atom. The molecule has 1 rings (SSSR count). The Kier molecular flexibility index (Phi) is 4.71. The van der Waals surface area contributed by atoms with Crippen molar-refractivity contribution in [3.8, 4) is 0 Å². The van der Waals surface area contributed by atoms with Crippen LogP contribution in [0.25, 0.3) is 0 Å². The van der Waals surface area contributed by atoms with Crippen LogP contribution in [0.1, 0.15) is 19.8 Å². The van der Waals surface area contributed by atoms with Crippen molar-refractivity contribution < 1.29 is 16.8 Å². The Morgan fingerprint density at radius 3 is 2.33 bits per heavy atom. The van der Waals surface area contributed by atoms with E-state index in [4.69, 9.17) is 5.14 Å². The van der Waals surface area contributed by atoms with Crippen molar-refractivity contribution in [3.63, 3.8) is 0 Å². The van der Waals surface area contributed by atoms with Crippen molar-refractivity contribution >= 4 is 25.7 Å². The van der Waals surface area contributed by atoms with Gasteiger partial charge < -0.3 is 0 Å². The van der Waals surface area contributed by atoms with Crippen LogP contribution < -0.4 is 9.86 Å². The van der Waals surface area contributed by atoms with E-state index in [0.717, 1.165) is 6.42 Å². The first-order chi connectivity index (χ1) is 8.26. The van der Waals surface area contributed by atoms with E-state index in [2.05, 4.69) is 4.72 Å². The monoisotopic (exact) mass is 292 g/mol. The molecule has 0 fully saturated rings. The molecule has 1 aromatic carbocycles. The lowest BCUT2D eigenvalue weighted by atomic mass is 10.3. The van der Waals surface area contributed by atoms with Crippen molar-refractivity contribution in [2.75, 3.05) is 10.5 Å². The molecule has 0 saturated carbocycles. The van der Waals surface area contributed by atoms with E-state index in [1.807, 2.05) is 6.92 Å². The fourth-order valence-electron chi connectivity index (χ4n) is 1.35. The third kappa shape index (κ3) is 4.28. The third-order valence-electron chi connectivity index (χ3n) is 2.23. The van der Waals surface area contributed by atoms with Gasteiger partial charge in [-0.3, -0.25) is 4.72 Å². The first-order valence-electron chi connectivity index (χ1n) is 5.38. The van der Waals surface area contributed by atoms with E-state index >= 15 is 0 Å². The molecule has 0 aliphatic heterocycles. The van der Waals surface area contributed by atoms with Gasteiger partial charge in [-0.15, -0.1) is 0 Å². The lowest BCUT2D eigenvalue weighted by molar-refractivity contribution is 0.597. The normalized spacial score (nSPS) is 12.3. The van der Waals surface area contributed by atoms with Crippen LogP contribution in [-0.2, 0) is 20.0 Å². The molecule has 3 N–H and O–H groups in total. The summed E-state index contributed by atoms with van der Waals surface area (Å²) >= 11 is 0. The van der Waals surface area contributed by atoms with Crippen molar-refractivity contribution in [1.29, 1.82) is 0 Å². The van der Waals surface area contributed by atoms with Crippen LogP contribution >= 0.6 is 0 Å². The largest absolute Gasteiger partial charge is 0.282 e. The van der Waals surface area contributed by atoms with Crippen molar-refractivity contribution in [2.45, 2.75) is 24.7 Å². The minimum Gasteiger partial charge on any atom is -0.282 e. The number of rotatable bonds is 6. The van der Waals surface area contributed by atoms with Crippen molar-refractivity contribution in [3.05, 3.63) is 24.3 Å². The van der Waals surface area contributed by atoms with Gasteiger partial charge >= 0.3 is 0 Å². The van der Waals surface area contributed by atoms with Gasteiger partial charge in [0, 0.05) is 0 Å². The summed E-state index contributed by atoms with van der Waals surface area (Å²) in [7, 11) is -7.50. The molecule has 0 bridgehead atoms. The number of primary sulfonamides is 1. The minimum atomic E-state index is -3.95. The highest BCUT2D eigenvalue weighted by molar-refractivity contribution is 7.93. The number of unbranched alkanes of at least 4 members (excludes halogenated alkanes) is 1. The number of hydrogen-bond donors (Lipinski definition) is 2. The Hall–Kier alpha value is -1.12. The predicted octanol–water partition coefficient (Wildman–Crippen LogP) is 0.876. The van der Waals surface area contributed by atoms with E-state index in [1.54, 1.807) is 0 Å². The fraction of sp³-hybridized carbons (Fsp3) is 0.400. The molecule has 0 saturated heterocycles. The summed E-state index contributed by atoms with van der Waals surface area (Å²) in [6, 6.07) is 5.63. The van der Waals surface area contributed by atoms with Crippen molar-refractivity contribution in [1.82, 2.24) is 0 Å². The Labute approximate surface area is 107 Å². The number of nitrogens with two attached hydrogens (primary N) is 1. The topological polar surface area (TPSA) is 106 Å². The standard InChI is InChI=1S/C10H16N2O4S2/c1-2-3-8-17(13,14)12-9-6-4-5-7-10(9)18(11,15)16/h4-7,12H,2-3,8H2,1H3,(H2,11,15,16). The van der Waals surface area contributed by atoms with E-state index in [-0.39, 0.29) is 16.3 Å². The quantitative estimate of drug-likeness (QED) is 0.811. The van der Waals surface area contributed by atoms with Crippen LogP contribution in [0.5, 0.6) is 0 Å². The SMILES string of the molecule is CCCCS(=O)(=O)Nc1ccccc1S(N)(=O)=O. The van der Waals surface area contributed by atoms with E-state index in [0.29, 0.717) is 6.42 Å². The number of hydrogen-bond acceptors (Lipinski definition) is 4. The highest BCUT2D eigenvalue weighted by Gasteiger charge is 2.17. The van der Waals surface area contributed by atoms with Gasteiger partial charge in [0.25, 0.3) is 0 Å². The van der Waals surface area contributed by atoms with E-state index in [1.165, 1.54) is 24.3 Å². The van der Waals surface area contributed by atoms with Gasteiger partial charge in [0.1, 0.15) is 4.90 Å². The van der Waals surface area contributed by atoms with Crippen LogP contribution in [0.2, 0.25) is 0 Å². The number of para-hydroxylation sites is 1. The van der Waals surface area contributed by atoms with E-state index < -0.39 is 20.0 Å². The van der Waals surface area contributed by atoms with Gasteiger partial charge in [0.05, 0.1) is 11.4 Å². The molecule has 6 nitrogen and oxygen atoms in total. The summed E-state index contributed by atoms with van der Waals surface area (Å²) in [6.45, 7) is 1.87. The summed E-state index contributed by atoms with van der Waals surface area (Å²) in [5.74, 6) is -0.0531. The maximum Gasteiger partial charge on any atom is 0.240 e. The van der Waals surface area contributed by atoms with Gasteiger partial charge in [-0.05, 0) is 18.6 Å². The molecule has 0 atom stereocenters. The van der Waals surface area contributed by atoms with E-state index in [9.17, 15) is 16.8 Å². The summed E-state index contributed by atoms with van der Waals surface area (Å²) in [5, 5.41) is 5.01. The first kappa shape index (κ1) is 14.9. The van der Waals surface area contributed by atoms with Crippen LogP contribution in [-0.4, -0.2) is 22.6 Å². The van der Waals surface area contributed by atoms with Gasteiger partial charge in [-0.1, -0.05) is 25.5 Å².